The first-order valence-electron chi connectivity index (χ1n) is 7.00. The molecule has 0 saturated heterocycles. The number of hydrogen-bond donors (Lipinski definition) is 2. The molecule has 106 valence electrons. The Labute approximate surface area is 114 Å². The number of aromatic nitrogens is 1. The van der Waals surface area contributed by atoms with Crippen molar-refractivity contribution in [2.45, 2.75) is 45.1 Å². The molecule has 0 radical (unpaired) electrons. The fourth-order valence-corrected chi connectivity index (χ4v) is 3.09. The minimum Gasteiger partial charge on any atom is -0.389 e. The quantitative estimate of drug-likeness (QED) is 0.800. The van der Waals surface area contributed by atoms with Crippen LogP contribution in [0.5, 0.6) is 0 Å². The molecule has 1 fully saturated rings. The second-order valence-corrected chi connectivity index (χ2v) is 6.02. The van der Waals surface area contributed by atoms with Crippen LogP contribution in [0.4, 0.5) is 0 Å². The van der Waals surface area contributed by atoms with E-state index in [2.05, 4.69) is 4.98 Å². The lowest BCUT2D eigenvalue weighted by Crippen LogP contribution is -2.41. The summed E-state index contributed by atoms with van der Waals surface area (Å²) in [5.74, 6) is 0.117. The van der Waals surface area contributed by atoms with Crippen LogP contribution in [-0.2, 0) is 0 Å². The van der Waals surface area contributed by atoms with E-state index in [1.807, 2.05) is 31.9 Å². The zero-order valence-electron chi connectivity index (χ0n) is 12.1. The molecule has 1 aromatic rings. The van der Waals surface area contributed by atoms with Gasteiger partial charge in [0.25, 0.3) is 0 Å². The second-order valence-electron chi connectivity index (χ2n) is 6.02. The van der Waals surface area contributed by atoms with Gasteiger partial charge in [0.1, 0.15) is 0 Å². The molecular formula is C15H24N2O2. The summed E-state index contributed by atoms with van der Waals surface area (Å²) in [6, 6.07) is 1.90. The molecular weight excluding hydrogens is 240 g/mol. The van der Waals surface area contributed by atoms with Crippen LogP contribution in [0.1, 0.15) is 47.4 Å². The topological polar surface area (TPSA) is 56.3 Å². The van der Waals surface area contributed by atoms with Crippen molar-refractivity contribution in [1.82, 2.24) is 9.88 Å². The van der Waals surface area contributed by atoms with Gasteiger partial charge in [-0.1, -0.05) is 12.8 Å². The van der Waals surface area contributed by atoms with Gasteiger partial charge in [-0.15, -0.1) is 0 Å². The lowest BCUT2D eigenvalue weighted by molar-refractivity contribution is 0.0172. The van der Waals surface area contributed by atoms with Crippen LogP contribution in [0, 0.1) is 13.8 Å². The van der Waals surface area contributed by atoms with Crippen molar-refractivity contribution < 1.29 is 9.90 Å². The first kappa shape index (κ1) is 14.3. The first-order valence-corrected chi connectivity index (χ1v) is 7.00. The lowest BCUT2D eigenvalue weighted by atomic mass is 10.0. The first-order chi connectivity index (χ1) is 8.89. The molecule has 0 aliphatic heterocycles. The average molecular weight is 264 g/mol. The molecule has 0 atom stereocenters. The number of H-pyrrole nitrogens is 1. The highest BCUT2D eigenvalue weighted by molar-refractivity contribution is 5.98. The molecule has 0 unspecified atom stereocenters. The van der Waals surface area contributed by atoms with E-state index in [0.29, 0.717) is 13.1 Å². The molecule has 0 spiro atoms. The number of aliphatic hydroxyl groups is 1. The minimum absolute atomic E-state index is 0.117. The molecule has 1 saturated carbocycles. The van der Waals surface area contributed by atoms with Crippen LogP contribution in [0.25, 0.3) is 0 Å². The SMILES string of the molecule is Cc1cc(C(=O)CN(C)CC2(O)CCCC2)c(C)[nH]1. The number of Topliss-reactive ketones (excluding diaryl/α,β-unsaturated/α-hetero) is 1. The number of nitrogens with zero attached hydrogens (tertiary/aromatic N) is 1. The summed E-state index contributed by atoms with van der Waals surface area (Å²) in [5.41, 5.74) is 2.12. The van der Waals surface area contributed by atoms with Crippen LogP contribution in [-0.4, -0.2) is 46.5 Å². The number of carbonyl (C=O) groups is 1. The normalized spacial score (nSPS) is 18.2. The van der Waals surface area contributed by atoms with Crippen molar-refractivity contribution in [3.63, 3.8) is 0 Å². The third-order valence-corrected chi connectivity index (χ3v) is 3.96. The Kier molecular flexibility index (Phi) is 4.11. The molecule has 1 heterocycles. The summed E-state index contributed by atoms with van der Waals surface area (Å²) in [6.07, 6.45) is 3.89. The third kappa shape index (κ3) is 3.45. The summed E-state index contributed by atoms with van der Waals surface area (Å²) >= 11 is 0. The molecule has 1 aliphatic carbocycles. The van der Waals surface area contributed by atoms with Crippen LogP contribution in [0.15, 0.2) is 6.07 Å². The Bertz CT molecular complexity index is 459. The number of nitrogens with one attached hydrogen (secondary N) is 1. The van der Waals surface area contributed by atoms with Gasteiger partial charge >= 0.3 is 0 Å². The van der Waals surface area contributed by atoms with Crippen molar-refractivity contribution in [3.05, 3.63) is 23.0 Å². The van der Waals surface area contributed by atoms with Gasteiger partial charge in [0, 0.05) is 23.5 Å². The maximum atomic E-state index is 12.2. The number of rotatable bonds is 5. The number of aromatic amines is 1. The summed E-state index contributed by atoms with van der Waals surface area (Å²) in [4.78, 5) is 17.3. The van der Waals surface area contributed by atoms with E-state index in [9.17, 15) is 9.90 Å². The number of hydrogen-bond acceptors (Lipinski definition) is 3. The predicted octanol–water partition coefficient (Wildman–Crippen LogP) is 2.05. The molecule has 1 aliphatic rings. The Hall–Kier alpha value is -1.13. The molecule has 1 aromatic heterocycles. The number of aryl methyl sites for hydroxylation is 2. The van der Waals surface area contributed by atoms with Crippen molar-refractivity contribution >= 4 is 5.78 Å². The van der Waals surface area contributed by atoms with E-state index < -0.39 is 5.60 Å². The summed E-state index contributed by atoms with van der Waals surface area (Å²) in [7, 11) is 1.91. The van der Waals surface area contributed by atoms with Crippen molar-refractivity contribution in [1.29, 1.82) is 0 Å². The van der Waals surface area contributed by atoms with E-state index in [1.54, 1.807) is 0 Å². The number of carbonyl (C=O) groups excluding carboxylic acids is 1. The fourth-order valence-electron chi connectivity index (χ4n) is 3.09. The summed E-state index contributed by atoms with van der Waals surface area (Å²) in [5, 5.41) is 10.3. The Morgan fingerprint density at radius 3 is 2.58 bits per heavy atom. The highest BCUT2D eigenvalue weighted by Gasteiger charge is 2.32. The van der Waals surface area contributed by atoms with Gasteiger partial charge in [-0.3, -0.25) is 9.69 Å². The molecule has 0 amide bonds. The Morgan fingerprint density at radius 1 is 1.42 bits per heavy atom. The zero-order valence-corrected chi connectivity index (χ0v) is 12.1. The maximum Gasteiger partial charge on any atom is 0.178 e. The molecule has 19 heavy (non-hydrogen) atoms. The molecule has 0 aromatic carbocycles. The fraction of sp³-hybridized carbons (Fsp3) is 0.667. The van der Waals surface area contributed by atoms with Gasteiger partial charge < -0.3 is 10.1 Å². The van der Waals surface area contributed by atoms with Gasteiger partial charge in [0.15, 0.2) is 5.78 Å². The smallest absolute Gasteiger partial charge is 0.178 e. The monoisotopic (exact) mass is 264 g/mol. The predicted molar refractivity (Wildman–Crippen MR) is 75.5 cm³/mol. The molecule has 4 heteroatoms. The standard InChI is InChI=1S/C15H24N2O2/c1-11-8-13(12(2)16-11)14(18)9-17(3)10-15(19)6-4-5-7-15/h8,16,19H,4-7,9-10H2,1-3H3. The highest BCUT2D eigenvalue weighted by Crippen LogP contribution is 2.29. The molecule has 4 nitrogen and oxygen atoms in total. The Balaban J connectivity index is 1.93. The van der Waals surface area contributed by atoms with Crippen molar-refractivity contribution in [2.75, 3.05) is 20.1 Å². The van der Waals surface area contributed by atoms with Gasteiger partial charge in [-0.2, -0.15) is 0 Å². The van der Waals surface area contributed by atoms with E-state index >= 15 is 0 Å². The maximum absolute atomic E-state index is 12.2. The van der Waals surface area contributed by atoms with Crippen LogP contribution in [0.2, 0.25) is 0 Å². The van der Waals surface area contributed by atoms with Crippen LogP contribution >= 0.6 is 0 Å². The number of ketones is 1. The van der Waals surface area contributed by atoms with E-state index in [-0.39, 0.29) is 5.78 Å². The van der Waals surface area contributed by atoms with Gasteiger partial charge in [0.2, 0.25) is 0 Å². The average Bonchev–Trinajstić information content (AvgIpc) is 2.84. The third-order valence-electron chi connectivity index (χ3n) is 3.96. The molecule has 2 N–H and O–H groups in total. The van der Waals surface area contributed by atoms with Gasteiger partial charge in [0.05, 0.1) is 12.1 Å². The summed E-state index contributed by atoms with van der Waals surface area (Å²) < 4.78 is 0. The Morgan fingerprint density at radius 2 is 2.05 bits per heavy atom. The van der Waals surface area contributed by atoms with Crippen molar-refractivity contribution in [3.8, 4) is 0 Å². The van der Waals surface area contributed by atoms with Crippen LogP contribution in [0.3, 0.4) is 0 Å². The largest absolute Gasteiger partial charge is 0.389 e. The lowest BCUT2D eigenvalue weighted by Gasteiger charge is -2.28. The van der Waals surface area contributed by atoms with Gasteiger partial charge in [-0.25, -0.2) is 0 Å². The van der Waals surface area contributed by atoms with Crippen LogP contribution < -0.4 is 0 Å². The number of likely N-dealkylation sites (N-methyl/N-ethyl adjacent to an activating group) is 1. The highest BCUT2D eigenvalue weighted by atomic mass is 16.3. The van der Waals surface area contributed by atoms with Gasteiger partial charge in [-0.05, 0) is 39.8 Å². The van der Waals surface area contributed by atoms with E-state index in [0.717, 1.165) is 42.6 Å². The van der Waals surface area contributed by atoms with Crippen molar-refractivity contribution in [2.24, 2.45) is 0 Å². The molecule has 0 bridgehead atoms. The van der Waals surface area contributed by atoms with E-state index in [4.69, 9.17) is 0 Å². The summed E-state index contributed by atoms with van der Waals surface area (Å²) in [6.45, 7) is 4.82. The molecule has 2 rings (SSSR count). The zero-order chi connectivity index (χ0) is 14.0. The van der Waals surface area contributed by atoms with E-state index in [1.165, 1.54) is 0 Å². The second kappa shape index (κ2) is 5.47. The minimum atomic E-state index is -0.585.